The van der Waals surface area contributed by atoms with Crippen molar-refractivity contribution in [3.8, 4) is 0 Å². The first-order valence-electron chi connectivity index (χ1n) is 7.46. The minimum Gasteiger partial charge on any atom is -0.369 e. The van der Waals surface area contributed by atoms with Gasteiger partial charge in [-0.15, -0.1) is 0 Å². The van der Waals surface area contributed by atoms with Gasteiger partial charge in [-0.2, -0.15) is 0 Å². The maximum absolute atomic E-state index is 6.11. The van der Waals surface area contributed by atoms with E-state index in [9.17, 15) is 0 Å². The number of aromatic nitrogens is 1. The zero-order valence-electron chi connectivity index (χ0n) is 12.5. The van der Waals surface area contributed by atoms with Crippen molar-refractivity contribution in [2.24, 2.45) is 5.73 Å². The lowest BCUT2D eigenvalue weighted by atomic mass is 10.0. The van der Waals surface area contributed by atoms with E-state index in [1.807, 2.05) is 25.3 Å². The molecule has 0 radical (unpaired) electrons. The highest BCUT2D eigenvalue weighted by Gasteiger charge is 2.19. The summed E-state index contributed by atoms with van der Waals surface area (Å²) in [5.74, 6) is 0. The van der Waals surface area contributed by atoms with Gasteiger partial charge in [0.2, 0.25) is 0 Å². The molecule has 3 heteroatoms. The lowest BCUT2D eigenvalue weighted by Crippen LogP contribution is -2.29. The summed E-state index contributed by atoms with van der Waals surface area (Å²) in [4.78, 5) is 4.15. The SMILES string of the molecule is CCCCCCC(C)OC(c1cccnc1)C(C)N. The summed E-state index contributed by atoms with van der Waals surface area (Å²) >= 11 is 0. The molecule has 0 fully saturated rings. The van der Waals surface area contributed by atoms with Crippen LogP contribution in [-0.4, -0.2) is 17.1 Å². The number of ether oxygens (including phenoxy) is 1. The van der Waals surface area contributed by atoms with E-state index in [0.29, 0.717) is 0 Å². The predicted octanol–water partition coefficient (Wildman–Crippen LogP) is 3.85. The van der Waals surface area contributed by atoms with Crippen molar-refractivity contribution < 1.29 is 4.74 Å². The number of hydrogen-bond donors (Lipinski definition) is 1. The highest BCUT2D eigenvalue weighted by Crippen LogP contribution is 2.23. The van der Waals surface area contributed by atoms with Crippen molar-refractivity contribution in [1.29, 1.82) is 0 Å². The Bertz CT molecular complexity index is 327. The van der Waals surface area contributed by atoms with Gasteiger partial charge in [-0.1, -0.05) is 38.7 Å². The maximum atomic E-state index is 6.11. The molecule has 0 aliphatic carbocycles. The van der Waals surface area contributed by atoms with E-state index in [4.69, 9.17) is 10.5 Å². The second-order valence-electron chi connectivity index (χ2n) is 5.36. The molecular formula is C16H28N2O. The van der Waals surface area contributed by atoms with E-state index >= 15 is 0 Å². The van der Waals surface area contributed by atoms with Gasteiger partial charge in [0.1, 0.15) is 0 Å². The summed E-state index contributed by atoms with van der Waals surface area (Å²) in [6, 6.07) is 3.94. The smallest absolute Gasteiger partial charge is 0.0991 e. The Balaban J connectivity index is 2.45. The zero-order valence-corrected chi connectivity index (χ0v) is 12.5. The largest absolute Gasteiger partial charge is 0.369 e. The Kier molecular flexibility index (Phi) is 7.68. The van der Waals surface area contributed by atoms with Crippen LogP contribution in [0.2, 0.25) is 0 Å². The van der Waals surface area contributed by atoms with Gasteiger partial charge in [0, 0.05) is 24.0 Å². The van der Waals surface area contributed by atoms with Crippen molar-refractivity contribution >= 4 is 0 Å². The fourth-order valence-corrected chi connectivity index (χ4v) is 2.23. The van der Waals surface area contributed by atoms with E-state index in [-0.39, 0.29) is 18.2 Å². The first kappa shape index (κ1) is 16.1. The average Bonchev–Trinajstić information content (AvgIpc) is 2.41. The van der Waals surface area contributed by atoms with Gasteiger partial charge in [-0.05, 0) is 26.3 Å². The molecule has 19 heavy (non-hydrogen) atoms. The summed E-state index contributed by atoms with van der Waals surface area (Å²) in [6.07, 6.45) is 10.0. The molecule has 0 aromatic carbocycles. The molecule has 2 N–H and O–H groups in total. The molecule has 0 aliphatic rings. The van der Waals surface area contributed by atoms with Crippen molar-refractivity contribution in [3.05, 3.63) is 30.1 Å². The summed E-state index contributed by atoms with van der Waals surface area (Å²) < 4.78 is 6.11. The summed E-state index contributed by atoms with van der Waals surface area (Å²) in [7, 11) is 0. The van der Waals surface area contributed by atoms with E-state index in [0.717, 1.165) is 12.0 Å². The molecule has 0 aliphatic heterocycles. The molecule has 1 heterocycles. The normalized spacial score (nSPS) is 16.0. The third kappa shape index (κ3) is 6.17. The third-order valence-corrected chi connectivity index (χ3v) is 3.33. The molecule has 0 bridgehead atoms. The highest BCUT2D eigenvalue weighted by atomic mass is 16.5. The first-order chi connectivity index (χ1) is 9.15. The topological polar surface area (TPSA) is 48.1 Å². The van der Waals surface area contributed by atoms with Crippen molar-refractivity contribution in [2.45, 2.75) is 71.1 Å². The molecule has 0 saturated heterocycles. The molecule has 3 nitrogen and oxygen atoms in total. The quantitative estimate of drug-likeness (QED) is 0.689. The van der Waals surface area contributed by atoms with Crippen molar-refractivity contribution in [1.82, 2.24) is 4.98 Å². The number of rotatable bonds is 9. The van der Waals surface area contributed by atoms with Gasteiger partial charge in [-0.25, -0.2) is 0 Å². The van der Waals surface area contributed by atoms with Gasteiger partial charge in [0.05, 0.1) is 12.2 Å². The van der Waals surface area contributed by atoms with E-state index < -0.39 is 0 Å². The number of nitrogens with two attached hydrogens (primary N) is 1. The molecule has 108 valence electrons. The van der Waals surface area contributed by atoms with Crippen molar-refractivity contribution in [3.63, 3.8) is 0 Å². The molecular weight excluding hydrogens is 236 g/mol. The Morgan fingerprint density at radius 2 is 2.05 bits per heavy atom. The fraction of sp³-hybridized carbons (Fsp3) is 0.688. The van der Waals surface area contributed by atoms with Crippen LogP contribution >= 0.6 is 0 Å². The number of unbranched alkanes of at least 4 members (excludes halogenated alkanes) is 3. The first-order valence-corrected chi connectivity index (χ1v) is 7.46. The summed E-state index contributed by atoms with van der Waals surface area (Å²) in [6.45, 7) is 6.35. The van der Waals surface area contributed by atoms with Gasteiger partial charge >= 0.3 is 0 Å². The number of hydrogen-bond acceptors (Lipinski definition) is 3. The molecule has 1 aromatic rings. The minimum atomic E-state index is -0.0603. The second kappa shape index (κ2) is 9.05. The Labute approximate surface area is 117 Å². The predicted molar refractivity (Wildman–Crippen MR) is 79.9 cm³/mol. The summed E-state index contributed by atoms with van der Waals surface area (Å²) in [5, 5.41) is 0. The monoisotopic (exact) mass is 264 g/mol. The summed E-state index contributed by atoms with van der Waals surface area (Å²) in [5.41, 5.74) is 7.11. The Morgan fingerprint density at radius 3 is 2.63 bits per heavy atom. The second-order valence-corrected chi connectivity index (χ2v) is 5.36. The lowest BCUT2D eigenvalue weighted by Gasteiger charge is -2.25. The highest BCUT2D eigenvalue weighted by molar-refractivity contribution is 5.13. The third-order valence-electron chi connectivity index (χ3n) is 3.33. The van der Waals surface area contributed by atoms with Crippen molar-refractivity contribution in [2.75, 3.05) is 0 Å². The molecule has 0 spiro atoms. The van der Waals surface area contributed by atoms with Crippen LogP contribution in [0.1, 0.15) is 64.5 Å². The van der Waals surface area contributed by atoms with Crippen LogP contribution in [0.5, 0.6) is 0 Å². The average molecular weight is 264 g/mol. The molecule has 1 aromatic heterocycles. The van der Waals surface area contributed by atoms with Crippen LogP contribution in [0.4, 0.5) is 0 Å². The molecule has 3 atom stereocenters. The minimum absolute atomic E-state index is 0.0257. The molecule has 0 amide bonds. The molecule has 1 rings (SSSR count). The maximum Gasteiger partial charge on any atom is 0.0991 e. The van der Waals surface area contributed by atoms with Gasteiger partial charge in [0.15, 0.2) is 0 Å². The Morgan fingerprint density at radius 1 is 1.26 bits per heavy atom. The number of nitrogens with zero attached hydrogens (tertiary/aromatic N) is 1. The van der Waals surface area contributed by atoms with Gasteiger partial charge in [-0.3, -0.25) is 4.98 Å². The van der Waals surface area contributed by atoms with Crippen LogP contribution in [-0.2, 0) is 4.74 Å². The standard InChI is InChI=1S/C16H28N2O/c1-4-5-6-7-9-13(2)19-16(14(3)17)15-10-8-11-18-12-15/h8,10-14,16H,4-7,9,17H2,1-3H3. The fourth-order valence-electron chi connectivity index (χ4n) is 2.23. The van der Waals surface area contributed by atoms with E-state index in [1.165, 1.54) is 25.7 Å². The van der Waals surface area contributed by atoms with Crippen LogP contribution < -0.4 is 5.73 Å². The Hall–Kier alpha value is -0.930. The zero-order chi connectivity index (χ0) is 14.1. The van der Waals surface area contributed by atoms with Crippen LogP contribution in [0.15, 0.2) is 24.5 Å². The van der Waals surface area contributed by atoms with Crippen LogP contribution in [0.3, 0.4) is 0 Å². The lowest BCUT2D eigenvalue weighted by molar-refractivity contribution is -0.0196. The van der Waals surface area contributed by atoms with Gasteiger partial charge in [0.25, 0.3) is 0 Å². The number of pyridine rings is 1. The van der Waals surface area contributed by atoms with E-state index in [1.54, 1.807) is 6.20 Å². The van der Waals surface area contributed by atoms with E-state index in [2.05, 4.69) is 18.8 Å². The molecule has 3 unspecified atom stereocenters. The van der Waals surface area contributed by atoms with Crippen LogP contribution in [0.25, 0.3) is 0 Å². The molecule has 0 saturated carbocycles. The van der Waals surface area contributed by atoms with Crippen LogP contribution in [0, 0.1) is 0 Å². The van der Waals surface area contributed by atoms with Gasteiger partial charge < -0.3 is 10.5 Å².